The molecule has 0 fully saturated rings. The first-order valence-corrected chi connectivity index (χ1v) is 7.04. The summed E-state index contributed by atoms with van der Waals surface area (Å²) in [6.07, 6.45) is 1.01. The molecule has 0 amide bonds. The van der Waals surface area contributed by atoms with E-state index in [0.29, 0.717) is 0 Å². The van der Waals surface area contributed by atoms with Crippen molar-refractivity contribution in [3.05, 3.63) is 64.7 Å². The molecule has 4 nitrogen and oxygen atoms in total. The molecule has 4 heteroatoms. The predicted octanol–water partition coefficient (Wildman–Crippen LogP) is 4.63. The van der Waals surface area contributed by atoms with Gasteiger partial charge in [0.25, 0.3) is 5.69 Å². The van der Waals surface area contributed by atoms with E-state index in [1.807, 2.05) is 30.3 Å². The highest BCUT2D eigenvalue weighted by Gasteiger charge is 2.13. The number of nitro benzene ring substituents is 1. The van der Waals surface area contributed by atoms with Gasteiger partial charge < -0.3 is 4.57 Å². The van der Waals surface area contributed by atoms with Gasteiger partial charge >= 0.3 is 0 Å². The number of aryl methyl sites for hydroxylation is 1. The number of benzene rings is 2. The van der Waals surface area contributed by atoms with Gasteiger partial charge in [0.2, 0.25) is 0 Å². The lowest BCUT2D eigenvalue weighted by atomic mass is 10.1. The van der Waals surface area contributed by atoms with Crippen LogP contribution in [0.3, 0.4) is 0 Å². The van der Waals surface area contributed by atoms with Gasteiger partial charge in [-0.25, -0.2) is 0 Å². The molecule has 3 aromatic rings. The quantitative estimate of drug-likeness (QED) is 0.517. The van der Waals surface area contributed by atoms with E-state index in [4.69, 9.17) is 0 Å². The Morgan fingerprint density at radius 1 is 1.10 bits per heavy atom. The SMILES string of the molecule is CCCn1c(-c2ccccc2)cc2cc([N+](=O)[O-])ccc21. The summed E-state index contributed by atoms with van der Waals surface area (Å²) in [6.45, 7) is 3.03. The summed E-state index contributed by atoms with van der Waals surface area (Å²) in [4.78, 5) is 10.6. The van der Waals surface area contributed by atoms with Crippen molar-refractivity contribution in [3.63, 3.8) is 0 Å². The molecule has 0 saturated heterocycles. The molecule has 0 unspecified atom stereocenters. The maximum Gasteiger partial charge on any atom is 0.270 e. The number of non-ortho nitro benzene ring substituents is 1. The molecular formula is C17H16N2O2. The van der Waals surface area contributed by atoms with Crippen LogP contribution in [0.2, 0.25) is 0 Å². The number of nitrogens with zero attached hydrogens (tertiary/aromatic N) is 2. The highest BCUT2D eigenvalue weighted by molar-refractivity contribution is 5.88. The first-order chi connectivity index (χ1) is 10.2. The summed E-state index contributed by atoms with van der Waals surface area (Å²) in [5.41, 5.74) is 3.41. The molecule has 0 aliphatic carbocycles. The molecule has 0 spiro atoms. The minimum atomic E-state index is -0.348. The molecule has 0 aliphatic heterocycles. The van der Waals surface area contributed by atoms with Gasteiger partial charge in [0.1, 0.15) is 0 Å². The van der Waals surface area contributed by atoms with Gasteiger partial charge in [0, 0.05) is 35.3 Å². The topological polar surface area (TPSA) is 48.1 Å². The van der Waals surface area contributed by atoms with E-state index in [-0.39, 0.29) is 10.6 Å². The van der Waals surface area contributed by atoms with Crippen LogP contribution in [0.1, 0.15) is 13.3 Å². The number of nitro groups is 1. The van der Waals surface area contributed by atoms with E-state index in [1.54, 1.807) is 12.1 Å². The van der Waals surface area contributed by atoms with Crippen molar-refractivity contribution in [2.45, 2.75) is 19.9 Å². The molecule has 0 atom stereocenters. The van der Waals surface area contributed by atoms with E-state index >= 15 is 0 Å². The molecule has 1 heterocycles. The highest BCUT2D eigenvalue weighted by Crippen LogP contribution is 2.30. The van der Waals surface area contributed by atoms with E-state index < -0.39 is 0 Å². The first kappa shape index (κ1) is 13.4. The van der Waals surface area contributed by atoms with Crippen LogP contribution < -0.4 is 0 Å². The van der Waals surface area contributed by atoms with Crippen LogP contribution in [0.25, 0.3) is 22.2 Å². The Hall–Kier alpha value is -2.62. The average Bonchev–Trinajstić information content (AvgIpc) is 2.86. The van der Waals surface area contributed by atoms with E-state index in [2.05, 4.69) is 23.6 Å². The van der Waals surface area contributed by atoms with Crippen LogP contribution in [0.5, 0.6) is 0 Å². The fourth-order valence-corrected chi connectivity index (χ4v) is 2.68. The zero-order valence-corrected chi connectivity index (χ0v) is 11.8. The lowest BCUT2D eigenvalue weighted by Gasteiger charge is -2.09. The normalized spacial score (nSPS) is 10.9. The van der Waals surface area contributed by atoms with Crippen molar-refractivity contribution in [2.75, 3.05) is 0 Å². The van der Waals surface area contributed by atoms with Crippen molar-refractivity contribution in [3.8, 4) is 11.3 Å². The summed E-state index contributed by atoms with van der Waals surface area (Å²) in [5.74, 6) is 0. The summed E-state index contributed by atoms with van der Waals surface area (Å²) >= 11 is 0. The smallest absolute Gasteiger partial charge is 0.270 e. The fourth-order valence-electron chi connectivity index (χ4n) is 2.68. The summed E-state index contributed by atoms with van der Waals surface area (Å²) in [5, 5.41) is 11.8. The lowest BCUT2D eigenvalue weighted by Crippen LogP contribution is -1.98. The van der Waals surface area contributed by atoms with Gasteiger partial charge in [0.15, 0.2) is 0 Å². The van der Waals surface area contributed by atoms with Gasteiger partial charge in [-0.05, 0) is 24.1 Å². The van der Waals surface area contributed by atoms with E-state index in [1.165, 1.54) is 0 Å². The second-order valence-corrected chi connectivity index (χ2v) is 5.05. The number of fused-ring (bicyclic) bond motifs is 1. The Morgan fingerprint density at radius 2 is 1.86 bits per heavy atom. The third-order valence-corrected chi connectivity index (χ3v) is 3.61. The average molecular weight is 280 g/mol. The van der Waals surface area contributed by atoms with Gasteiger partial charge in [-0.2, -0.15) is 0 Å². The van der Waals surface area contributed by atoms with Crippen LogP contribution >= 0.6 is 0 Å². The summed E-state index contributed by atoms with van der Waals surface area (Å²) in [6, 6.07) is 17.2. The number of rotatable bonds is 4. The highest BCUT2D eigenvalue weighted by atomic mass is 16.6. The molecule has 21 heavy (non-hydrogen) atoms. The Bertz CT molecular complexity index is 791. The lowest BCUT2D eigenvalue weighted by molar-refractivity contribution is -0.384. The first-order valence-electron chi connectivity index (χ1n) is 7.04. The van der Waals surface area contributed by atoms with E-state index in [9.17, 15) is 10.1 Å². The molecule has 2 aromatic carbocycles. The predicted molar refractivity (Wildman–Crippen MR) is 84.3 cm³/mol. The van der Waals surface area contributed by atoms with Crippen molar-refractivity contribution >= 4 is 16.6 Å². The Labute approximate surface area is 122 Å². The third kappa shape index (κ3) is 2.40. The van der Waals surface area contributed by atoms with Crippen LogP contribution in [0.4, 0.5) is 5.69 Å². The fraction of sp³-hybridized carbons (Fsp3) is 0.176. The molecule has 0 radical (unpaired) electrons. The molecule has 106 valence electrons. The van der Waals surface area contributed by atoms with Crippen LogP contribution in [0, 0.1) is 10.1 Å². The summed E-state index contributed by atoms with van der Waals surface area (Å²) < 4.78 is 2.23. The monoisotopic (exact) mass is 280 g/mol. The van der Waals surface area contributed by atoms with Crippen molar-refractivity contribution in [1.29, 1.82) is 0 Å². The minimum Gasteiger partial charge on any atom is -0.340 e. The number of hydrogen-bond acceptors (Lipinski definition) is 2. The van der Waals surface area contributed by atoms with Crippen LogP contribution in [-0.4, -0.2) is 9.49 Å². The van der Waals surface area contributed by atoms with Gasteiger partial charge in [-0.15, -0.1) is 0 Å². The maximum atomic E-state index is 10.9. The third-order valence-electron chi connectivity index (χ3n) is 3.61. The van der Waals surface area contributed by atoms with Gasteiger partial charge in [0.05, 0.1) is 4.92 Å². The van der Waals surface area contributed by atoms with Crippen molar-refractivity contribution in [1.82, 2.24) is 4.57 Å². The zero-order chi connectivity index (χ0) is 14.8. The zero-order valence-electron chi connectivity index (χ0n) is 11.8. The molecular weight excluding hydrogens is 264 g/mol. The van der Waals surface area contributed by atoms with Crippen molar-refractivity contribution < 1.29 is 4.92 Å². The van der Waals surface area contributed by atoms with Crippen LogP contribution in [0.15, 0.2) is 54.6 Å². The molecule has 0 bridgehead atoms. The second-order valence-electron chi connectivity index (χ2n) is 5.05. The molecule has 1 aromatic heterocycles. The van der Waals surface area contributed by atoms with Gasteiger partial charge in [-0.3, -0.25) is 10.1 Å². The van der Waals surface area contributed by atoms with Gasteiger partial charge in [-0.1, -0.05) is 37.3 Å². The van der Waals surface area contributed by atoms with Crippen molar-refractivity contribution in [2.24, 2.45) is 0 Å². The Kier molecular flexibility index (Phi) is 3.44. The molecule has 0 saturated carbocycles. The maximum absolute atomic E-state index is 10.9. The Balaban J connectivity index is 2.23. The van der Waals surface area contributed by atoms with Crippen LogP contribution in [-0.2, 0) is 6.54 Å². The second kappa shape index (κ2) is 5.40. The molecule has 0 N–H and O–H groups in total. The largest absolute Gasteiger partial charge is 0.340 e. The molecule has 3 rings (SSSR count). The standard InChI is InChI=1S/C17H16N2O2/c1-2-10-18-16-9-8-15(19(20)21)11-14(16)12-17(18)13-6-4-3-5-7-13/h3-9,11-12H,2,10H2,1H3. The number of aromatic nitrogens is 1. The minimum absolute atomic E-state index is 0.135. The number of hydrogen-bond donors (Lipinski definition) is 0. The summed E-state index contributed by atoms with van der Waals surface area (Å²) in [7, 11) is 0. The van der Waals surface area contributed by atoms with E-state index in [0.717, 1.165) is 35.1 Å². The Morgan fingerprint density at radius 3 is 2.52 bits per heavy atom. The molecule has 0 aliphatic rings.